The molecule has 0 aromatic heterocycles. The van der Waals surface area contributed by atoms with Gasteiger partial charge in [0.15, 0.2) is 5.82 Å². The topological polar surface area (TPSA) is 186 Å². The van der Waals surface area contributed by atoms with Gasteiger partial charge in [-0.3, -0.25) is 29.4 Å². The van der Waals surface area contributed by atoms with Crippen LogP contribution in [-0.2, 0) is 29.4 Å². The Labute approximate surface area is 279 Å². The summed E-state index contributed by atoms with van der Waals surface area (Å²) in [6.07, 6.45) is 1.87. The summed E-state index contributed by atoms with van der Waals surface area (Å²) in [6, 6.07) is 9.74. The minimum atomic E-state index is -4.35. The summed E-state index contributed by atoms with van der Waals surface area (Å²) in [7, 11) is -4.35. The minimum Gasteiger partial charge on any atom is -0.506 e. The molecule has 4 amide bonds. The molecule has 1 unspecified atom stereocenters. The smallest absolute Gasteiger partial charge is 0.326 e. The third kappa shape index (κ3) is 7.51. The van der Waals surface area contributed by atoms with Gasteiger partial charge in [0.1, 0.15) is 42.2 Å². The van der Waals surface area contributed by atoms with Gasteiger partial charge < -0.3 is 20.5 Å². The Morgan fingerprint density at radius 1 is 1.02 bits per heavy atom. The Morgan fingerprint density at radius 3 is 2.49 bits per heavy atom. The third-order valence-electron chi connectivity index (χ3n) is 8.74. The second-order valence-electron chi connectivity index (χ2n) is 12.1. The van der Waals surface area contributed by atoms with Gasteiger partial charge in [-0.05, 0) is 79.6 Å². The molecule has 260 valence electrons. The highest BCUT2D eigenvalue weighted by molar-refractivity contribution is 7.92. The van der Waals surface area contributed by atoms with Gasteiger partial charge in [0.2, 0.25) is 17.7 Å². The van der Waals surface area contributed by atoms with E-state index in [-0.39, 0.29) is 66.2 Å². The van der Waals surface area contributed by atoms with E-state index in [1.807, 2.05) is 4.90 Å². The van der Waals surface area contributed by atoms with Crippen LogP contribution in [-0.4, -0.2) is 87.4 Å². The van der Waals surface area contributed by atoms with Gasteiger partial charge in [-0.15, -0.1) is 0 Å². The number of aromatic hydroxyl groups is 1. The molecule has 3 aromatic rings. The summed E-state index contributed by atoms with van der Waals surface area (Å²) in [6.45, 7) is 0.862. The number of benzene rings is 3. The van der Waals surface area contributed by atoms with Crippen molar-refractivity contribution in [1.29, 1.82) is 0 Å². The molecule has 3 heterocycles. The highest BCUT2D eigenvalue weighted by atomic mass is 32.2. The van der Waals surface area contributed by atoms with Crippen LogP contribution in [0.2, 0.25) is 0 Å². The van der Waals surface area contributed by atoms with Gasteiger partial charge in [-0.25, -0.2) is 17.8 Å². The van der Waals surface area contributed by atoms with E-state index in [1.54, 1.807) is 16.9 Å². The summed E-state index contributed by atoms with van der Waals surface area (Å²) in [5, 5.41) is 18.6. The van der Waals surface area contributed by atoms with E-state index >= 15 is 8.78 Å². The highest BCUT2D eigenvalue weighted by Crippen LogP contribution is 2.39. The summed E-state index contributed by atoms with van der Waals surface area (Å²) >= 11 is 0. The zero-order valence-electron chi connectivity index (χ0n) is 26.1. The molecule has 3 saturated heterocycles. The number of phenolic OH excluding ortho intramolecular Hbond substituents is 1. The van der Waals surface area contributed by atoms with Crippen LogP contribution in [0, 0.1) is 11.6 Å². The minimum absolute atomic E-state index is 0.0249. The number of piperidine rings is 2. The lowest BCUT2D eigenvalue weighted by Crippen LogP contribution is -2.47. The fourth-order valence-electron chi connectivity index (χ4n) is 6.28. The molecule has 3 aliphatic heterocycles. The summed E-state index contributed by atoms with van der Waals surface area (Å²) in [5.74, 6) is -3.68. The summed E-state index contributed by atoms with van der Waals surface area (Å²) in [5.41, 5.74) is 0.384. The summed E-state index contributed by atoms with van der Waals surface area (Å²) in [4.78, 5) is 49.5. The molecular formula is C32H34F2N6O8S. The maximum atomic E-state index is 15.4. The lowest BCUT2D eigenvalue weighted by molar-refractivity contribution is -0.133. The van der Waals surface area contributed by atoms with Crippen LogP contribution in [0.5, 0.6) is 11.5 Å². The zero-order valence-corrected chi connectivity index (χ0v) is 26.9. The lowest BCUT2D eigenvalue weighted by atomic mass is 9.89. The fraction of sp³-hybridized carbons (Fsp3) is 0.375. The molecule has 17 heteroatoms. The number of anilines is 2. The molecule has 3 aliphatic rings. The second-order valence-corrected chi connectivity index (χ2v) is 13.7. The number of phenols is 1. The number of rotatable bonds is 10. The van der Waals surface area contributed by atoms with Crippen molar-refractivity contribution in [2.45, 2.75) is 37.6 Å². The normalized spacial score (nSPS) is 19.8. The molecule has 14 nitrogen and oxygen atoms in total. The number of likely N-dealkylation sites (tertiary alicyclic amines) is 1. The average Bonchev–Trinajstić information content (AvgIpc) is 3.32. The zero-order chi connectivity index (χ0) is 34.9. The van der Waals surface area contributed by atoms with E-state index in [1.165, 1.54) is 30.3 Å². The van der Waals surface area contributed by atoms with E-state index < -0.39 is 51.9 Å². The molecule has 1 atom stereocenters. The molecule has 0 aliphatic carbocycles. The first-order valence-corrected chi connectivity index (χ1v) is 17.1. The Morgan fingerprint density at radius 2 is 1.80 bits per heavy atom. The molecule has 0 bridgehead atoms. The number of fused-ring (bicyclic) bond motifs is 1. The van der Waals surface area contributed by atoms with Gasteiger partial charge in [-0.2, -0.15) is 8.42 Å². The van der Waals surface area contributed by atoms with Crippen molar-refractivity contribution in [2.75, 3.05) is 49.0 Å². The van der Waals surface area contributed by atoms with Crippen molar-refractivity contribution >= 4 is 56.0 Å². The van der Waals surface area contributed by atoms with E-state index in [9.17, 15) is 32.7 Å². The van der Waals surface area contributed by atoms with Crippen LogP contribution >= 0.6 is 0 Å². The molecule has 5 N–H and O–H groups in total. The number of hydrogen-bond acceptors (Lipinski definition) is 10. The monoisotopic (exact) mass is 700 g/mol. The molecule has 3 fully saturated rings. The van der Waals surface area contributed by atoms with E-state index in [2.05, 4.69) is 16.0 Å². The second kappa shape index (κ2) is 13.8. The van der Waals surface area contributed by atoms with E-state index in [0.29, 0.717) is 47.9 Å². The van der Waals surface area contributed by atoms with Crippen molar-refractivity contribution in [3.63, 3.8) is 0 Å². The van der Waals surface area contributed by atoms with Crippen molar-refractivity contribution < 1.29 is 46.2 Å². The van der Waals surface area contributed by atoms with Crippen molar-refractivity contribution in [2.24, 2.45) is 0 Å². The van der Waals surface area contributed by atoms with Crippen LogP contribution in [0.25, 0.3) is 10.8 Å². The van der Waals surface area contributed by atoms with Gasteiger partial charge in [0, 0.05) is 17.5 Å². The Hall–Kier alpha value is -5.03. The number of carbonyl (C=O) groups is 4. The SMILES string of the molecule is O=C(CN1CCC(c2ccc(NC3CCC(=O)NC3=O)cc2F)CC1)NCCOc1ccc2cc(O)c(N3CC(=O)NS3(=O)=O)c(F)c2c1. The number of amides is 4. The quantitative estimate of drug-likeness (QED) is 0.154. The van der Waals surface area contributed by atoms with Gasteiger partial charge in [0.25, 0.3) is 5.91 Å². The number of ether oxygens (including phenoxy) is 1. The van der Waals surface area contributed by atoms with Crippen LogP contribution in [0.15, 0.2) is 42.5 Å². The highest BCUT2D eigenvalue weighted by Gasteiger charge is 2.38. The number of imide groups is 1. The molecule has 49 heavy (non-hydrogen) atoms. The number of nitrogens with zero attached hydrogens (tertiary/aromatic N) is 2. The average molecular weight is 701 g/mol. The van der Waals surface area contributed by atoms with E-state index in [4.69, 9.17) is 4.74 Å². The predicted molar refractivity (Wildman–Crippen MR) is 173 cm³/mol. The molecule has 0 spiro atoms. The maximum absolute atomic E-state index is 15.4. The van der Waals surface area contributed by atoms with Crippen molar-refractivity contribution in [3.05, 3.63) is 59.7 Å². The first-order valence-electron chi connectivity index (χ1n) is 15.7. The molecule has 3 aromatic carbocycles. The Kier molecular flexibility index (Phi) is 9.56. The first-order chi connectivity index (χ1) is 23.4. The van der Waals surface area contributed by atoms with Crippen molar-refractivity contribution in [1.82, 2.24) is 20.3 Å². The van der Waals surface area contributed by atoms with Crippen LogP contribution in [0.3, 0.4) is 0 Å². The predicted octanol–water partition coefficient (Wildman–Crippen LogP) is 1.60. The largest absolute Gasteiger partial charge is 0.506 e. The molecule has 0 saturated carbocycles. The fourth-order valence-corrected chi connectivity index (χ4v) is 7.44. The summed E-state index contributed by atoms with van der Waals surface area (Å²) < 4.78 is 62.8. The maximum Gasteiger partial charge on any atom is 0.326 e. The lowest BCUT2D eigenvalue weighted by Gasteiger charge is -2.32. The van der Waals surface area contributed by atoms with Gasteiger partial charge in [-0.1, -0.05) is 12.1 Å². The standard InChI is InChI=1S/C32H34F2N6O8S/c33-24-14-20(36-25-5-6-27(42)37-32(25)45)2-4-22(24)18-7-10-39(11-8-18)16-28(43)35-9-12-48-21-3-1-19-13-26(41)31(30(34)23(19)15-21)40-17-29(44)38-49(40,46)47/h1-4,13-15,18,25,36,41H,5-12,16-17H2,(H,35,43)(H,38,44)(H,37,42,45). The van der Waals surface area contributed by atoms with Gasteiger partial charge in [0.05, 0.1) is 13.1 Å². The molecule has 6 rings (SSSR count). The molecule has 0 radical (unpaired) electrons. The number of nitrogens with one attached hydrogen (secondary N) is 4. The van der Waals surface area contributed by atoms with Crippen molar-refractivity contribution in [3.8, 4) is 11.5 Å². The van der Waals surface area contributed by atoms with Crippen LogP contribution in [0.4, 0.5) is 20.2 Å². The third-order valence-corrected chi connectivity index (χ3v) is 10.1. The van der Waals surface area contributed by atoms with E-state index in [0.717, 1.165) is 0 Å². The first kappa shape index (κ1) is 33.9. The van der Waals surface area contributed by atoms with Gasteiger partial charge >= 0.3 is 10.2 Å². The van der Waals surface area contributed by atoms with Crippen LogP contribution in [0.1, 0.15) is 37.2 Å². The number of hydrogen-bond donors (Lipinski definition) is 5. The molecular weight excluding hydrogens is 666 g/mol. The number of carbonyl (C=O) groups excluding carboxylic acids is 4. The van der Waals surface area contributed by atoms with Crippen LogP contribution < -0.4 is 29.7 Å². The number of halogens is 2. The Balaban J connectivity index is 0.956. The Bertz CT molecular complexity index is 1940.